The number of fused-ring (bicyclic) bond motifs is 2. The molecule has 6 aliphatic heterocycles. The van der Waals surface area contributed by atoms with E-state index in [0.717, 1.165) is 25.1 Å². The summed E-state index contributed by atoms with van der Waals surface area (Å²) >= 11 is 0. The fourth-order valence-electron chi connectivity index (χ4n) is 7.86. The molecule has 0 saturated carbocycles. The van der Waals surface area contributed by atoms with Crippen molar-refractivity contribution in [2.24, 2.45) is 11.8 Å². The van der Waals surface area contributed by atoms with Gasteiger partial charge < -0.3 is 19.3 Å². The quantitative estimate of drug-likeness (QED) is 0.808. The molecular formula is C22H24N2O3. The minimum atomic E-state index is -0.316. The third-order valence-corrected chi connectivity index (χ3v) is 8.37. The molecule has 6 unspecified atom stereocenters. The van der Waals surface area contributed by atoms with Crippen LogP contribution in [0.15, 0.2) is 36.0 Å². The number of allylic oxidation sites excluding steroid dienone is 1. The van der Waals surface area contributed by atoms with Gasteiger partial charge in [-0.2, -0.15) is 0 Å². The van der Waals surface area contributed by atoms with Crippen LogP contribution in [0.5, 0.6) is 0 Å². The first-order chi connectivity index (χ1) is 13.2. The zero-order valence-electron chi connectivity index (χ0n) is 15.6. The SMILES string of the molecule is CCOC12CC3C4=CCOC5CC(=O)N6c7ccccc7C1(CCN42)C6C53. The first-order valence-electron chi connectivity index (χ1n) is 10.4. The zero-order chi connectivity index (χ0) is 18.0. The van der Waals surface area contributed by atoms with Crippen LogP contribution >= 0.6 is 0 Å². The average molecular weight is 364 g/mol. The Balaban J connectivity index is 1.59. The summed E-state index contributed by atoms with van der Waals surface area (Å²) in [5.74, 6) is 1.02. The molecule has 0 aliphatic carbocycles. The van der Waals surface area contributed by atoms with Crippen LogP contribution in [0.3, 0.4) is 0 Å². The van der Waals surface area contributed by atoms with E-state index in [4.69, 9.17) is 9.47 Å². The van der Waals surface area contributed by atoms with Crippen LogP contribution in [-0.2, 0) is 19.7 Å². The van der Waals surface area contributed by atoms with Gasteiger partial charge in [0.05, 0.1) is 30.6 Å². The van der Waals surface area contributed by atoms with E-state index >= 15 is 0 Å². The molecule has 6 bridgehead atoms. The molecule has 1 aromatic carbocycles. The van der Waals surface area contributed by atoms with Gasteiger partial charge in [-0.25, -0.2) is 0 Å². The lowest BCUT2D eigenvalue weighted by atomic mass is 9.55. The van der Waals surface area contributed by atoms with Crippen molar-refractivity contribution in [3.05, 3.63) is 41.6 Å². The number of ether oxygens (including phenoxy) is 2. The molecular weight excluding hydrogens is 340 g/mol. The number of para-hydroxylation sites is 1. The van der Waals surface area contributed by atoms with Gasteiger partial charge in [-0.15, -0.1) is 0 Å². The number of anilines is 1. The highest BCUT2D eigenvalue weighted by molar-refractivity contribution is 5.99. The number of piperidine rings is 1. The minimum absolute atomic E-state index is 0.0314. The highest BCUT2D eigenvalue weighted by atomic mass is 16.5. The normalized spacial score (nSPS) is 45.1. The van der Waals surface area contributed by atoms with Gasteiger partial charge in [0.25, 0.3) is 0 Å². The van der Waals surface area contributed by atoms with Crippen molar-refractivity contribution in [3.8, 4) is 0 Å². The lowest BCUT2D eigenvalue weighted by Crippen LogP contribution is -2.70. The van der Waals surface area contributed by atoms with Crippen molar-refractivity contribution in [1.29, 1.82) is 0 Å². The van der Waals surface area contributed by atoms with Crippen molar-refractivity contribution in [3.63, 3.8) is 0 Å². The third-order valence-electron chi connectivity index (χ3n) is 8.37. The number of carbonyl (C=O) groups excluding carboxylic acids is 1. The second kappa shape index (κ2) is 4.58. The molecule has 0 radical (unpaired) electrons. The third kappa shape index (κ3) is 1.37. The Kier molecular flexibility index (Phi) is 2.57. The summed E-state index contributed by atoms with van der Waals surface area (Å²) in [6.45, 7) is 4.43. The Labute approximate surface area is 158 Å². The molecule has 1 aromatic rings. The number of hydrogen-bond donors (Lipinski definition) is 0. The van der Waals surface area contributed by atoms with Crippen molar-refractivity contribution in [1.82, 2.24) is 4.90 Å². The largest absolute Gasteiger partial charge is 0.373 e. The highest BCUT2D eigenvalue weighted by Gasteiger charge is 2.80. The summed E-state index contributed by atoms with van der Waals surface area (Å²) in [6.07, 6.45) is 4.90. The van der Waals surface area contributed by atoms with E-state index < -0.39 is 0 Å². The monoisotopic (exact) mass is 364 g/mol. The second-order valence-corrected chi connectivity index (χ2v) is 8.91. The topological polar surface area (TPSA) is 42.0 Å². The molecule has 5 nitrogen and oxygen atoms in total. The molecule has 5 heteroatoms. The summed E-state index contributed by atoms with van der Waals surface area (Å²) in [5, 5.41) is 0. The number of rotatable bonds is 2. The Hall–Kier alpha value is -1.85. The van der Waals surface area contributed by atoms with Gasteiger partial charge in [0.1, 0.15) is 0 Å². The van der Waals surface area contributed by atoms with Gasteiger partial charge in [-0.3, -0.25) is 4.79 Å². The van der Waals surface area contributed by atoms with Gasteiger partial charge in [0.15, 0.2) is 5.72 Å². The molecule has 27 heavy (non-hydrogen) atoms. The Morgan fingerprint density at radius 2 is 2.22 bits per heavy atom. The predicted octanol–water partition coefficient (Wildman–Crippen LogP) is 2.41. The second-order valence-electron chi connectivity index (χ2n) is 8.91. The smallest absolute Gasteiger partial charge is 0.229 e. The molecule has 6 heterocycles. The maximum atomic E-state index is 13.3. The number of carbonyl (C=O) groups is 1. The maximum Gasteiger partial charge on any atom is 0.229 e. The summed E-state index contributed by atoms with van der Waals surface area (Å²) in [5.41, 5.74) is 3.41. The van der Waals surface area contributed by atoms with Crippen LogP contribution in [0.2, 0.25) is 0 Å². The minimum Gasteiger partial charge on any atom is -0.373 e. The molecule has 0 aromatic heterocycles. The molecule has 0 N–H and O–H groups in total. The van der Waals surface area contributed by atoms with Crippen LogP contribution in [0, 0.1) is 11.8 Å². The lowest BCUT2D eigenvalue weighted by Gasteiger charge is -2.56. The van der Waals surface area contributed by atoms with E-state index in [0.29, 0.717) is 31.5 Å². The van der Waals surface area contributed by atoms with E-state index in [2.05, 4.69) is 47.1 Å². The molecule has 6 atom stereocenters. The number of nitrogens with zero attached hydrogens (tertiary/aromatic N) is 2. The number of amides is 1. The van der Waals surface area contributed by atoms with Crippen molar-refractivity contribution < 1.29 is 14.3 Å². The maximum absolute atomic E-state index is 13.3. The molecule has 7 rings (SSSR count). The molecule has 1 amide bonds. The van der Waals surface area contributed by atoms with Crippen LogP contribution in [0.4, 0.5) is 5.69 Å². The molecule has 4 saturated heterocycles. The summed E-state index contributed by atoms with van der Waals surface area (Å²) in [4.78, 5) is 18.0. The van der Waals surface area contributed by atoms with Gasteiger partial charge in [0.2, 0.25) is 5.91 Å². The van der Waals surface area contributed by atoms with E-state index in [-0.39, 0.29) is 29.2 Å². The van der Waals surface area contributed by atoms with Crippen LogP contribution in [-0.4, -0.2) is 48.4 Å². The zero-order valence-corrected chi connectivity index (χ0v) is 15.6. The standard InChI is InChI=1S/C22H24N2O3/c1-2-27-22-12-13-15-7-10-26-17-11-18(25)24-16-6-4-3-5-14(16)21(22,8-9-23(15)22)20(24)19(13)17/h3-7,13,17,19-20H,2,8-12H2,1H3. The van der Waals surface area contributed by atoms with E-state index in [1.165, 1.54) is 11.3 Å². The van der Waals surface area contributed by atoms with Crippen LogP contribution < -0.4 is 4.90 Å². The Bertz CT molecular complexity index is 913. The van der Waals surface area contributed by atoms with Crippen LogP contribution in [0.25, 0.3) is 0 Å². The van der Waals surface area contributed by atoms with Crippen molar-refractivity contribution >= 4 is 11.6 Å². The Morgan fingerprint density at radius 3 is 3.11 bits per heavy atom. The van der Waals surface area contributed by atoms with Crippen molar-refractivity contribution in [2.75, 3.05) is 24.7 Å². The van der Waals surface area contributed by atoms with Gasteiger partial charge in [-0.05, 0) is 31.1 Å². The fourth-order valence-corrected chi connectivity index (χ4v) is 7.86. The Morgan fingerprint density at radius 1 is 1.33 bits per heavy atom. The van der Waals surface area contributed by atoms with Crippen molar-refractivity contribution in [2.45, 2.75) is 49.5 Å². The predicted molar refractivity (Wildman–Crippen MR) is 99.1 cm³/mol. The summed E-state index contributed by atoms with van der Waals surface area (Å²) < 4.78 is 13.0. The molecule has 140 valence electrons. The lowest BCUT2D eigenvalue weighted by molar-refractivity contribution is -0.178. The highest BCUT2D eigenvalue weighted by Crippen LogP contribution is 2.72. The van der Waals surface area contributed by atoms with Gasteiger partial charge in [0, 0.05) is 42.8 Å². The molecule has 1 spiro atoms. The fraction of sp³-hybridized carbons (Fsp3) is 0.591. The average Bonchev–Trinajstić information content (AvgIpc) is 3.20. The van der Waals surface area contributed by atoms with Gasteiger partial charge in [-0.1, -0.05) is 18.2 Å². The van der Waals surface area contributed by atoms with Crippen LogP contribution in [0.1, 0.15) is 31.7 Å². The summed E-state index contributed by atoms with van der Waals surface area (Å²) in [7, 11) is 0. The summed E-state index contributed by atoms with van der Waals surface area (Å²) in [6, 6.07) is 8.75. The van der Waals surface area contributed by atoms with E-state index in [1.54, 1.807) is 0 Å². The first kappa shape index (κ1) is 15.1. The van der Waals surface area contributed by atoms with Gasteiger partial charge >= 0.3 is 0 Å². The first-order valence-corrected chi connectivity index (χ1v) is 10.4. The number of hydrogen-bond acceptors (Lipinski definition) is 4. The van der Waals surface area contributed by atoms with E-state index in [9.17, 15) is 4.79 Å². The number of benzene rings is 1. The van der Waals surface area contributed by atoms with E-state index in [1.807, 2.05) is 0 Å². The molecule has 6 aliphatic rings. The molecule has 4 fully saturated rings.